The molecule has 1 saturated heterocycles. The molecule has 0 radical (unpaired) electrons. The summed E-state index contributed by atoms with van der Waals surface area (Å²) < 4.78 is 50.9. The van der Waals surface area contributed by atoms with Crippen LogP contribution in [0, 0.1) is 23.1 Å². The first-order chi connectivity index (χ1) is 19.9. The standard InChI is InChI=1S/C19H18F4N4O4.C7H9N.C3H8/c20-13-3-1-11(2-4-13)6-15(26-18(31)19(21,22)23)17(30)25-8-16(29)27-9-12(10-28)5-14(27)7-24;1-8-7-5-3-2-4-6-7;1-3-2/h1-4,10,12,14-15H,5-6,8-9H2,(H,25,30)(H,26,31);2-6,8H,1H3;3H2,1-2H3. The van der Waals surface area contributed by atoms with Gasteiger partial charge in [-0.15, -0.1) is 0 Å². The lowest BCUT2D eigenvalue weighted by atomic mass is 10.0. The molecule has 2 aromatic carbocycles. The molecule has 1 heterocycles. The van der Waals surface area contributed by atoms with Gasteiger partial charge in [-0.05, 0) is 36.2 Å². The SMILES string of the molecule is CCC.CNc1ccccc1.N#CC1CC(C=O)CN1C(=O)CNC(=O)C(Cc1ccc(F)cc1)NC(=O)C(F)(F)F. The highest BCUT2D eigenvalue weighted by atomic mass is 19.4. The van der Waals surface area contributed by atoms with Gasteiger partial charge in [0.15, 0.2) is 0 Å². The number of halogens is 4. The summed E-state index contributed by atoms with van der Waals surface area (Å²) in [6.07, 6.45) is -3.62. The number of carbonyl (C=O) groups excluding carboxylic acids is 4. The molecule has 3 atom stereocenters. The number of anilines is 1. The quantitative estimate of drug-likeness (QED) is 0.317. The molecule has 0 aliphatic carbocycles. The van der Waals surface area contributed by atoms with E-state index in [-0.39, 0.29) is 24.9 Å². The minimum atomic E-state index is -5.24. The molecular formula is C29H35F4N5O4. The van der Waals surface area contributed by atoms with Crippen molar-refractivity contribution < 1.29 is 36.7 Å². The van der Waals surface area contributed by atoms with Crippen molar-refractivity contribution in [3.05, 3.63) is 66.0 Å². The van der Waals surface area contributed by atoms with Crippen molar-refractivity contribution >= 4 is 29.7 Å². The molecule has 0 spiro atoms. The van der Waals surface area contributed by atoms with Gasteiger partial charge in [0.05, 0.1) is 12.6 Å². The second kappa shape index (κ2) is 18.1. The molecule has 0 bridgehead atoms. The van der Waals surface area contributed by atoms with Crippen molar-refractivity contribution in [2.45, 2.75) is 51.4 Å². The Hall–Kier alpha value is -4.47. The lowest BCUT2D eigenvalue weighted by Gasteiger charge is -2.22. The van der Waals surface area contributed by atoms with E-state index in [1.54, 1.807) is 5.32 Å². The maximum Gasteiger partial charge on any atom is 0.471 e. The highest BCUT2D eigenvalue weighted by Gasteiger charge is 2.41. The zero-order chi connectivity index (χ0) is 31.7. The molecule has 1 fully saturated rings. The Kier molecular flexibility index (Phi) is 15.3. The first-order valence-electron chi connectivity index (χ1n) is 13.2. The number of nitriles is 1. The molecule has 3 amide bonds. The smallest absolute Gasteiger partial charge is 0.388 e. The van der Waals surface area contributed by atoms with Crippen LogP contribution in [0.2, 0.25) is 0 Å². The number of nitrogens with zero attached hydrogens (tertiary/aromatic N) is 2. The number of rotatable bonds is 8. The van der Waals surface area contributed by atoms with Crippen LogP contribution in [0.25, 0.3) is 0 Å². The number of alkyl halides is 3. The van der Waals surface area contributed by atoms with Crippen molar-refractivity contribution in [3.8, 4) is 6.07 Å². The number of benzene rings is 2. The van der Waals surface area contributed by atoms with Crippen LogP contribution < -0.4 is 16.0 Å². The van der Waals surface area contributed by atoms with E-state index in [4.69, 9.17) is 5.26 Å². The highest BCUT2D eigenvalue weighted by molar-refractivity contribution is 5.92. The summed E-state index contributed by atoms with van der Waals surface area (Å²) in [5, 5.41) is 15.8. The van der Waals surface area contributed by atoms with Crippen LogP contribution in [-0.4, -0.2) is 67.3 Å². The van der Waals surface area contributed by atoms with Gasteiger partial charge in [0.25, 0.3) is 0 Å². The summed E-state index contributed by atoms with van der Waals surface area (Å²) in [5.41, 5.74) is 1.43. The fraction of sp³-hybridized carbons (Fsp3) is 0.414. The van der Waals surface area contributed by atoms with Crippen molar-refractivity contribution in [2.24, 2.45) is 5.92 Å². The Morgan fingerprint density at radius 2 is 1.69 bits per heavy atom. The summed E-state index contributed by atoms with van der Waals surface area (Å²) in [4.78, 5) is 48.0. The molecule has 0 aromatic heterocycles. The van der Waals surface area contributed by atoms with Crippen LogP contribution in [0.1, 0.15) is 32.3 Å². The van der Waals surface area contributed by atoms with Crippen molar-refractivity contribution in [3.63, 3.8) is 0 Å². The van der Waals surface area contributed by atoms with E-state index >= 15 is 0 Å². The van der Waals surface area contributed by atoms with Crippen LogP contribution in [0.3, 0.4) is 0 Å². The molecule has 1 aliphatic heterocycles. The van der Waals surface area contributed by atoms with E-state index in [2.05, 4.69) is 24.5 Å². The number of carbonyl (C=O) groups is 4. The van der Waals surface area contributed by atoms with Crippen LogP contribution in [0.15, 0.2) is 54.6 Å². The molecule has 42 heavy (non-hydrogen) atoms. The van der Waals surface area contributed by atoms with Crippen LogP contribution in [0.5, 0.6) is 0 Å². The summed E-state index contributed by atoms with van der Waals surface area (Å²) >= 11 is 0. The zero-order valence-electron chi connectivity index (χ0n) is 23.6. The number of hydrogen-bond donors (Lipinski definition) is 3. The molecule has 3 unspecified atom stereocenters. The Balaban J connectivity index is 0.000000671. The largest absolute Gasteiger partial charge is 0.471 e. The number of hydrogen-bond acceptors (Lipinski definition) is 6. The van der Waals surface area contributed by atoms with Crippen LogP contribution in [-0.2, 0) is 25.6 Å². The third kappa shape index (κ3) is 12.4. The first kappa shape index (κ1) is 35.6. The summed E-state index contributed by atoms with van der Waals surface area (Å²) in [6.45, 7) is 3.59. The van der Waals surface area contributed by atoms with Gasteiger partial charge in [-0.3, -0.25) is 14.4 Å². The van der Waals surface area contributed by atoms with Gasteiger partial charge < -0.3 is 25.6 Å². The predicted molar refractivity (Wildman–Crippen MR) is 148 cm³/mol. The summed E-state index contributed by atoms with van der Waals surface area (Å²) in [7, 11) is 1.91. The van der Waals surface area contributed by atoms with Crippen LogP contribution >= 0.6 is 0 Å². The maximum atomic E-state index is 13.0. The number of para-hydroxylation sites is 1. The average molecular weight is 594 g/mol. The number of amides is 3. The Morgan fingerprint density at radius 1 is 1.10 bits per heavy atom. The van der Waals surface area contributed by atoms with Crippen molar-refractivity contribution in [2.75, 3.05) is 25.5 Å². The van der Waals surface area contributed by atoms with E-state index in [0.717, 1.165) is 22.7 Å². The molecule has 13 heteroatoms. The molecule has 0 saturated carbocycles. The van der Waals surface area contributed by atoms with E-state index < -0.39 is 54.3 Å². The minimum Gasteiger partial charge on any atom is -0.388 e. The minimum absolute atomic E-state index is 0.0136. The average Bonchev–Trinajstić information content (AvgIpc) is 3.41. The Labute approximate surface area is 242 Å². The molecule has 9 nitrogen and oxygen atoms in total. The number of likely N-dealkylation sites (tertiary alicyclic amines) is 1. The second-order valence-corrected chi connectivity index (χ2v) is 9.22. The van der Waals surface area contributed by atoms with Gasteiger partial charge >= 0.3 is 12.1 Å². The predicted octanol–water partition coefficient (Wildman–Crippen LogP) is 3.62. The lowest BCUT2D eigenvalue weighted by molar-refractivity contribution is -0.174. The fourth-order valence-corrected chi connectivity index (χ4v) is 3.66. The van der Waals surface area contributed by atoms with Gasteiger partial charge in [0.1, 0.15) is 24.2 Å². The van der Waals surface area contributed by atoms with E-state index in [1.165, 1.54) is 18.6 Å². The number of nitrogens with one attached hydrogen (secondary N) is 3. The highest BCUT2D eigenvalue weighted by Crippen LogP contribution is 2.21. The van der Waals surface area contributed by atoms with E-state index in [0.29, 0.717) is 6.29 Å². The monoisotopic (exact) mass is 593 g/mol. The molecule has 3 rings (SSSR count). The lowest BCUT2D eigenvalue weighted by Crippen LogP contribution is -2.53. The molecule has 2 aromatic rings. The maximum absolute atomic E-state index is 13.0. The Morgan fingerprint density at radius 3 is 2.17 bits per heavy atom. The second-order valence-electron chi connectivity index (χ2n) is 9.22. The normalized spacial score (nSPS) is 16.3. The van der Waals surface area contributed by atoms with E-state index in [9.17, 15) is 36.7 Å². The molecular weight excluding hydrogens is 558 g/mol. The van der Waals surface area contributed by atoms with Gasteiger partial charge in [-0.25, -0.2) is 4.39 Å². The Bertz CT molecular complexity index is 1190. The van der Waals surface area contributed by atoms with Gasteiger partial charge in [-0.2, -0.15) is 18.4 Å². The third-order valence-electron chi connectivity index (χ3n) is 5.70. The molecule has 1 aliphatic rings. The number of aldehydes is 1. The molecule has 3 N–H and O–H groups in total. The third-order valence-corrected chi connectivity index (χ3v) is 5.70. The van der Waals surface area contributed by atoms with Gasteiger partial charge in [0.2, 0.25) is 11.8 Å². The van der Waals surface area contributed by atoms with Crippen molar-refractivity contribution in [1.29, 1.82) is 5.26 Å². The topological polar surface area (TPSA) is 131 Å². The summed E-state index contributed by atoms with van der Waals surface area (Å²) in [5.74, 6) is -5.25. The first-order valence-corrected chi connectivity index (χ1v) is 13.2. The van der Waals surface area contributed by atoms with Crippen LogP contribution in [0.4, 0.5) is 23.2 Å². The van der Waals surface area contributed by atoms with Gasteiger partial charge in [0, 0.05) is 31.6 Å². The fourth-order valence-electron chi connectivity index (χ4n) is 3.66. The van der Waals surface area contributed by atoms with E-state index in [1.807, 2.05) is 43.4 Å². The molecule has 228 valence electrons. The van der Waals surface area contributed by atoms with Crippen molar-refractivity contribution in [1.82, 2.24) is 15.5 Å². The zero-order valence-corrected chi connectivity index (χ0v) is 23.6. The van der Waals surface area contributed by atoms with Gasteiger partial charge in [-0.1, -0.05) is 50.6 Å². The summed E-state index contributed by atoms with van der Waals surface area (Å²) in [6, 6.07) is 13.9.